The normalized spacial score (nSPS) is 15.3. The molecule has 0 saturated carbocycles. The Bertz CT molecular complexity index is 339. The summed E-state index contributed by atoms with van der Waals surface area (Å²) in [6.07, 6.45) is 0.825. The number of hydrogen-bond donors (Lipinski definition) is 2. The highest BCUT2D eigenvalue weighted by Gasteiger charge is 2.17. The van der Waals surface area contributed by atoms with Crippen LogP contribution in [0.4, 0.5) is 0 Å². The second kappa shape index (κ2) is 8.49. The first-order valence-corrected chi connectivity index (χ1v) is 6.57. The number of nitrogens with zero attached hydrogens (tertiary/aromatic N) is 2. The second-order valence-corrected chi connectivity index (χ2v) is 4.67. The van der Waals surface area contributed by atoms with Gasteiger partial charge in [-0.1, -0.05) is 0 Å². The summed E-state index contributed by atoms with van der Waals surface area (Å²) in [5.41, 5.74) is 5.05. The highest BCUT2D eigenvalue weighted by atomic mass is 16.5. The lowest BCUT2D eigenvalue weighted by Crippen LogP contribution is -2.41. The van der Waals surface area contributed by atoms with Crippen LogP contribution in [0, 0.1) is 0 Å². The minimum Gasteiger partial charge on any atom is -0.480 e. The van der Waals surface area contributed by atoms with Gasteiger partial charge in [0.25, 0.3) is 0 Å². The number of aliphatic carboxylic acids is 1. The van der Waals surface area contributed by atoms with Crippen LogP contribution in [0.25, 0.3) is 0 Å². The Morgan fingerprint density at radius 3 is 2.40 bits per heavy atom. The maximum Gasteiger partial charge on any atom is 0.317 e. The minimum atomic E-state index is -1.02. The molecule has 1 fully saturated rings. The third-order valence-corrected chi connectivity index (χ3v) is 2.97. The number of rotatable bonds is 8. The van der Waals surface area contributed by atoms with Gasteiger partial charge in [-0.2, -0.15) is 0 Å². The average molecular weight is 287 g/mol. The molecule has 8 heteroatoms. The van der Waals surface area contributed by atoms with E-state index in [2.05, 4.69) is 0 Å². The molecule has 0 atom stereocenters. The van der Waals surface area contributed by atoms with Crippen LogP contribution in [0.15, 0.2) is 0 Å². The van der Waals surface area contributed by atoms with Gasteiger partial charge in [-0.05, 0) is 13.0 Å². The molecule has 1 saturated heterocycles. The van der Waals surface area contributed by atoms with E-state index in [0.717, 1.165) is 0 Å². The molecule has 1 aliphatic rings. The van der Waals surface area contributed by atoms with Gasteiger partial charge < -0.3 is 20.5 Å². The van der Waals surface area contributed by atoms with Crippen molar-refractivity contribution >= 4 is 17.8 Å². The molecule has 1 heterocycles. The Morgan fingerprint density at radius 2 is 1.85 bits per heavy atom. The number of morpholine rings is 1. The first-order valence-electron chi connectivity index (χ1n) is 6.57. The van der Waals surface area contributed by atoms with E-state index >= 15 is 0 Å². The number of carboxylic acids is 1. The predicted octanol–water partition coefficient (Wildman–Crippen LogP) is -1.50. The number of nitrogens with two attached hydrogens (primary N) is 1. The summed E-state index contributed by atoms with van der Waals surface area (Å²) in [6.45, 7) is 2.28. The lowest BCUT2D eigenvalue weighted by molar-refractivity contribution is -0.138. The van der Waals surface area contributed by atoms with Gasteiger partial charge in [0.05, 0.1) is 26.3 Å². The summed E-state index contributed by atoms with van der Waals surface area (Å²) in [7, 11) is 0. The molecule has 3 N–H and O–H groups in total. The Morgan fingerprint density at radius 1 is 1.20 bits per heavy atom. The first kappa shape index (κ1) is 16.4. The zero-order valence-corrected chi connectivity index (χ0v) is 11.4. The van der Waals surface area contributed by atoms with Crippen LogP contribution in [0.3, 0.4) is 0 Å². The molecule has 0 bridgehead atoms. The third kappa shape index (κ3) is 6.48. The fourth-order valence-electron chi connectivity index (χ4n) is 2.05. The van der Waals surface area contributed by atoms with E-state index in [4.69, 9.17) is 15.6 Å². The molecule has 20 heavy (non-hydrogen) atoms. The molecule has 0 radical (unpaired) electrons. The fourth-order valence-corrected chi connectivity index (χ4v) is 2.05. The fraction of sp³-hybridized carbons (Fsp3) is 0.750. The number of carbonyl (C=O) groups is 3. The second-order valence-electron chi connectivity index (χ2n) is 4.67. The zero-order chi connectivity index (χ0) is 15.0. The van der Waals surface area contributed by atoms with E-state index < -0.39 is 11.9 Å². The number of primary amides is 1. The van der Waals surface area contributed by atoms with Gasteiger partial charge in [0, 0.05) is 19.5 Å². The van der Waals surface area contributed by atoms with E-state index in [1.54, 1.807) is 4.90 Å². The van der Waals surface area contributed by atoms with Gasteiger partial charge in [-0.3, -0.25) is 19.3 Å². The monoisotopic (exact) mass is 287 g/mol. The van der Waals surface area contributed by atoms with Crippen molar-refractivity contribution in [2.24, 2.45) is 5.73 Å². The number of carbonyl (C=O) groups excluding carboxylic acids is 2. The van der Waals surface area contributed by atoms with Crippen LogP contribution in [0.5, 0.6) is 0 Å². The van der Waals surface area contributed by atoms with Crippen LogP contribution >= 0.6 is 0 Å². The van der Waals surface area contributed by atoms with E-state index in [1.807, 2.05) is 0 Å². The lowest BCUT2D eigenvalue weighted by atomic mass is 10.2. The molecule has 1 rings (SSSR count). The molecule has 0 aromatic heterocycles. The summed E-state index contributed by atoms with van der Waals surface area (Å²) in [5, 5.41) is 8.73. The Labute approximate surface area is 117 Å². The largest absolute Gasteiger partial charge is 0.480 e. The number of amides is 2. The van der Waals surface area contributed by atoms with Crippen molar-refractivity contribution < 1.29 is 24.2 Å². The molecule has 0 aromatic carbocycles. The highest BCUT2D eigenvalue weighted by molar-refractivity contribution is 5.77. The highest BCUT2D eigenvalue weighted by Crippen LogP contribution is 2.03. The summed E-state index contributed by atoms with van der Waals surface area (Å²) in [4.78, 5) is 36.5. The van der Waals surface area contributed by atoms with Gasteiger partial charge in [0.2, 0.25) is 11.8 Å². The van der Waals surface area contributed by atoms with Crippen molar-refractivity contribution in [3.05, 3.63) is 0 Å². The van der Waals surface area contributed by atoms with Crippen LogP contribution in [0.1, 0.15) is 12.8 Å². The zero-order valence-electron chi connectivity index (χ0n) is 11.4. The van der Waals surface area contributed by atoms with Crippen molar-refractivity contribution in [1.29, 1.82) is 0 Å². The van der Waals surface area contributed by atoms with E-state index in [9.17, 15) is 14.4 Å². The van der Waals surface area contributed by atoms with Crippen molar-refractivity contribution in [1.82, 2.24) is 9.80 Å². The molecule has 0 unspecified atom stereocenters. The molecule has 1 aliphatic heterocycles. The lowest BCUT2D eigenvalue weighted by Gasteiger charge is -2.27. The smallest absolute Gasteiger partial charge is 0.317 e. The molecule has 2 amide bonds. The van der Waals surface area contributed by atoms with Crippen molar-refractivity contribution in [3.63, 3.8) is 0 Å². The first-order chi connectivity index (χ1) is 9.49. The molecule has 114 valence electrons. The van der Waals surface area contributed by atoms with Gasteiger partial charge in [0.15, 0.2) is 0 Å². The van der Waals surface area contributed by atoms with Gasteiger partial charge in [-0.25, -0.2) is 0 Å². The van der Waals surface area contributed by atoms with Crippen molar-refractivity contribution in [2.45, 2.75) is 12.8 Å². The maximum atomic E-state index is 11.9. The number of carboxylic acid groups (broad SMARTS) is 1. The number of ether oxygens (including phenoxy) is 1. The molecule has 0 aliphatic carbocycles. The Balaban J connectivity index is 2.29. The summed E-state index contributed by atoms with van der Waals surface area (Å²) in [5.74, 6) is -1.57. The van der Waals surface area contributed by atoms with Gasteiger partial charge in [-0.15, -0.1) is 0 Å². The Hall–Kier alpha value is -1.67. The topological polar surface area (TPSA) is 113 Å². The third-order valence-electron chi connectivity index (χ3n) is 2.97. The standard InChI is InChI=1S/C12H21N3O5/c13-10(16)8-14(9-12(18)19)3-1-2-11(17)15-4-6-20-7-5-15/h1-9H2,(H2,13,16)(H,18,19). The molecular weight excluding hydrogens is 266 g/mol. The predicted molar refractivity (Wildman–Crippen MR) is 69.9 cm³/mol. The Kier molecular flexibility index (Phi) is 6.96. The molecular formula is C12H21N3O5. The number of hydrogen-bond acceptors (Lipinski definition) is 5. The summed E-state index contributed by atoms with van der Waals surface area (Å²) in [6, 6.07) is 0. The van der Waals surface area contributed by atoms with Gasteiger partial charge >= 0.3 is 5.97 Å². The van der Waals surface area contributed by atoms with Crippen LogP contribution < -0.4 is 5.73 Å². The van der Waals surface area contributed by atoms with Gasteiger partial charge in [0.1, 0.15) is 0 Å². The maximum absolute atomic E-state index is 11.9. The van der Waals surface area contributed by atoms with Crippen LogP contribution in [-0.4, -0.2) is 78.6 Å². The summed E-state index contributed by atoms with van der Waals surface area (Å²) < 4.78 is 5.16. The minimum absolute atomic E-state index is 0.0302. The SMILES string of the molecule is NC(=O)CN(CCCC(=O)N1CCOCC1)CC(=O)O. The van der Waals surface area contributed by atoms with Crippen molar-refractivity contribution in [3.8, 4) is 0 Å². The quantitative estimate of drug-likeness (QED) is 0.561. The van der Waals surface area contributed by atoms with Crippen LogP contribution in [0.2, 0.25) is 0 Å². The van der Waals surface area contributed by atoms with E-state index in [1.165, 1.54) is 4.90 Å². The van der Waals surface area contributed by atoms with Crippen molar-refractivity contribution in [2.75, 3.05) is 45.9 Å². The molecule has 0 spiro atoms. The van der Waals surface area contributed by atoms with E-state index in [-0.39, 0.29) is 19.0 Å². The molecule has 8 nitrogen and oxygen atoms in total. The average Bonchev–Trinajstić information content (AvgIpc) is 2.38. The van der Waals surface area contributed by atoms with Crippen LogP contribution in [-0.2, 0) is 19.1 Å². The molecule has 0 aromatic rings. The summed E-state index contributed by atoms with van der Waals surface area (Å²) >= 11 is 0. The van der Waals surface area contributed by atoms with E-state index in [0.29, 0.717) is 45.7 Å².